The van der Waals surface area contributed by atoms with Crippen LogP contribution in [0.2, 0.25) is 0 Å². The maximum atomic E-state index is 10.2. The van der Waals surface area contributed by atoms with Gasteiger partial charge < -0.3 is 5.73 Å². The SMILES string of the molecule is NC(=O)C(=O)C(S)S. The predicted octanol–water partition coefficient (Wildman–Crippen LogP) is -0.773. The third-order valence-electron chi connectivity index (χ3n) is 0.477. The standard InChI is InChI=1S/C3H5NO2S2/c4-2(6)1(5)3(7)8/h3,7-8H,(H2,4,6). The van der Waals surface area contributed by atoms with Crippen molar-refractivity contribution in [2.24, 2.45) is 5.73 Å². The first-order valence-electron chi connectivity index (χ1n) is 1.75. The van der Waals surface area contributed by atoms with E-state index in [-0.39, 0.29) is 0 Å². The number of nitrogens with two attached hydrogens (primary N) is 1. The van der Waals surface area contributed by atoms with Gasteiger partial charge in [-0.2, -0.15) is 25.3 Å². The summed E-state index contributed by atoms with van der Waals surface area (Å²) in [6.07, 6.45) is 0. The minimum absolute atomic E-state index is 0.781. The van der Waals surface area contributed by atoms with Crippen LogP contribution in [0.5, 0.6) is 0 Å². The zero-order valence-corrected chi connectivity index (χ0v) is 5.65. The molecule has 0 aromatic heterocycles. The summed E-state index contributed by atoms with van der Waals surface area (Å²) in [4.78, 5) is 20.1. The molecule has 5 heteroatoms. The molecule has 0 heterocycles. The quantitative estimate of drug-likeness (QED) is 0.275. The predicted molar refractivity (Wildman–Crippen MR) is 36.0 cm³/mol. The molecule has 8 heavy (non-hydrogen) atoms. The fourth-order valence-electron chi connectivity index (χ4n) is 0.127. The fourth-order valence-corrected chi connectivity index (χ4v) is 0.382. The molecule has 0 saturated carbocycles. The molecule has 0 aromatic carbocycles. The topological polar surface area (TPSA) is 60.2 Å². The first-order valence-corrected chi connectivity index (χ1v) is 2.78. The lowest BCUT2D eigenvalue weighted by atomic mass is 10.4. The molecule has 0 spiro atoms. The molecule has 0 bridgehead atoms. The van der Waals surface area contributed by atoms with Gasteiger partial charge in [-0.25, -0.2) is 0 Å². The van der Waals surface area contributed by atoms with Gasteiger partial charge in [0.25, 0.3) is 5.91 Å². The van der Waals surface area contributed by atoms with Crippen molar-refractivity contribution in [1.29, 1.82) is 0 Å². The lowest BCUT2D eigenvalue weighted by Crippen LogP contribution is -2.27. The van der Waals surface area contributed by atoms with E-state index in [4.69, 9.17) is 0 Å². The zero-order chi connectivity index (χ0) is 6.73. The zero-order valence-electron chi connectivity index (χ0n) is 3.87. The average Bonchev–Trinajstić information content (AvgIpc) is 1.64. The highest BCUT2D eigenvalue weighted by Gasteiger charge is 2.13. The van der Waals surface area contributed by atoms with Gasteiger partial charge in [-0.15, -0.1) is 0 Å². The summed E-state index contributed by atoms with van der Waals surface area (Å²) < 4.78 is -0.882. The maximum absolute atomic E-state index is 10.2. The Morgan fingerprint density at radius 1 is 1.38 bits per heavy atom. The molecule has 2 N–H and O–H groups in total. The van der Waals surface area contributed by atoms with Crippen molar-refractivity contribution < 1.29 is 9.59 Å². The highest BCUT2D eigenvalue weighted by atomic mass is 32.2. The smallest absolute Gasteiger partial charge is 0.286 e. The number of rotatable bonds is 2. The second-order valence-electron chi connectivity index (χ2n) is 1.10. The summed E-state index contributed by atoms with van der Waals surface area (Å²) in [5.41, 5.74) is 4.55. The van der Waals surface area contributed by atoms with Gasteiger partial charge in [-0.1, -0.05) is 0 Å². The van der Waals surface area contributed by atoms with Crippen molar-refractivity contribution in [1.82, 2.24) is 0 Å². The van der Waals surface area contributed by atoms with Crippen LogP contribution >= 0.6 is 25.3 Å². The van der Waals surface area contributed by atoms with Crippen LogP contribution in [0.25, 0.3) is 0 Å². The van der Waals surface area contributed by atoms with Crippen LogP contribution in [0.1, 0.15) is 0 Å². The molecule has 0 radical (unpaired) electrons. The largest absolute Gasteiger partial charge is 0.363 e. The number of carbonyl (C=O) groups is 2. The van der Waals surface area contributed by atoms with Crippen LogP contribution in [0, 0.1) is 0 Å². The molecule has 46 valence electrons. The minimum atomic E-state index is -1.000. The number of hydrogen-bond acceptors (Lipinski definition) is 4. The molecule has 0 saturated heterocycles. The summed E-state index contributed by atoms with van der Waals surface area (Å²) in [5.74, 6) is -1.78. The molecular formula is C3H5NO2S2. The van der Waals surface area contributed by atoms with Gasteiger partial charge in [0.05, 0.1) is 0 Å². The number of hydrogen-bond donors (Lipinski definition) is 3. The van der Waals surface area contributed by atoms with Crippen molar-refractivity contribution in [2.45, 2.75) is 4.58 Å². The van der Waals surface area contributed by atoms with Crippen LogP contribution in [-0.2, 0) is 9.59 Å². The van der Waals surface area contributed by atoms with E-state index >= 15 is 0 Å². The van der Waals surface area contributed by atoms with E-state index in [9.17, 15) is 9.59 Å². The number of primary amides is 1. The molecule has 0 aliphatic heterocycles. The summed E-state index contributed by atoms with van der Waals surface area (Å²) in [5, 5.41) is 0. The highest BCUT2D eigenvalue weighted by Crippen LogP contribution is 1.99. The third-order valence-corrected chi connectivity index (χ3v) is 0.946. The van der Waals surface area contributed by atoms with Gasteiger partial charge in [0.15, 0.2) is 0 Å². The Hall–Kier alpha value is -0.160. The van der Waals surface area contributed by atoms with Gasteiger partial charge >= 0.3 is 0 Å². The van der Waals surface area contributed by atoms with Crippen LogP contribution < -0.4 is 5.73 Å². The van der Waals surface area contributed by atoms with Gasteiger partial charge in [0.1, 0.15) is 4.58 Å². The molecular weight excluding hydrogens is 146 g/mol. The first kappa shape index (κ1) is 7.84. The molecule has 0 aromatic rings. The molecule has 0 rings (SSSR count). The first-order chi connectivity index (χ1) is 3.55. The van der Waals surface area contributed by atoms with Gasteiger partial charge in [0, 0.05) is 0 Å². The Kier molecular flexibility index (Phi) is 2.93. The van der Waals surface area contributed by atoms with Crippen molar-refractivity contribution in [3.8, 4) is 0 Å². The minimum Gasteiger partial charge on any atom is -0.363 e. The maximum Gasteiger partial charge on any atom is 0.286 e. The van der Waals surface area contributed by atoms with E-state index in [2.05, 4.69) is 31.0 Å². The van der Waals surface area contributed by atoms with Crippen molar-refractivity contribution in [3.63, 3.8) is 0 Å². The van der Waals surface area contributed by atoms with E-state index in [0.29, 0.717) is 0 Å². The third kappa shape index (κ3) is 2.23. The number of thiol groups is 2. The summed E-state index contributed by atoms with van der Waals surface area (Å²) in [6.45, 7) is 0. The summed E-state index contributed by atoms with van der Waals surface area (Å²) >= 11 is 7.09. The van der Waals surface area contributed by atoms with E-state index < -0.39 is 16.3 Å². The highest BCUT2D eigenvalue weighted by molar-refractivity contribution is 8.00. The van der Waals surface area contributed by atoms with E-state index in [0.717, 1.165) is 0 Å². The van der Waals surface area contributed by atoms with Crippen molar-refractivity contribution in [2.75, 3.05) is 0 Å². The second kappa shape index (κ2) is 2.99. The molecule has 3 nitrogen and oxygen atoms in total. The van der Waals surface area contributed by atoms with Gasteiger partial charge in [0.2, 0.25) is 5.78 Å². The number of ketones is 1. The number of carbonyl (C=O) groups excluding carboxylic acids is 2. The Morgan fingerprint density at radius 3 is 1.75 bits per heavy atom. The Balaban J connectivity index is 3.84. The summed E-state index contributed by atoms with van der Waals surface area (Å²) in [7, 11) is 0. The van der Waals surface area contributed by atoms with Crippen LogP contribution in [-0.4, -0.2) is 16.3 Å². The van der Waals surface area contributed by atoms with Crippen LogP contribution in [0.15, 0.2) is 0 Å². The number of amides is 1. The molecule has 1 amide bonds. The lowest BCUT2D eigenvalue weighted by molar-refractivity contribution is -0.134. The van der Waals surface area contributed by atoms with Crippen LogP contribution in [0.3, 0.4) is 0 Å². The fraction of sp³-hybridized carbons (Fsp3) is 0.333. The van der Waals surface area contributed by atoms with E-state index in [1.54, 1.807) is 0 Å². The Bertz CT molecular complexity index is 122. The van der Waals surface area contributed by atoms with E-state index in [1.165, 1.54) is 0 Å². The molecule has 0 aliphatic carbocycles. The summed E-state index contributed by atoms with van der Waals surface area (Å²) in [6, 6.07) is 0. The molecule has 0 aliphatic rings. The van der Waals surface area contributed by atoms with Crippen molar-refractivity contribution in [3.05, 3.63) is 0 Å². The lowest BCUT2D eigenvalue weighted by Gasteiger charge is -1.93. The normalized spacial score (nSPS) is 9.38. The molecule has 0 fully saturated rings. The Labute approximate surface area is 57.4 Å². The number of Topliss-reactive ketones (excluding diaryl/α,β-unsaturated/α-hetero) is 1. The second-order valence-corrected chi connectivity index (χ2v) is 2.54. The Morgan fingerprint density at radius 2 is 1.75 bits per heavy atom. The van der Waals surface area contributed by atoms with Crippen molar-refractivity contribution >= 4 is 36.9 Å². The van der Waals surface area contributed by atoms with Crippen LogP contribution in [0.4, 0.5) is 0 Å². The van der Waals surface area contributed by atoms with Gasteiger partial charge in [-0.3, -0.25) is 9.59 Å². The van der Waals surface area contributed by atoms with E-state index in [1.807, 2.05) is 0 Å². The average molecular weight is 151 g/mol. The monoisotopic (exact) mass is 151 g/mol. The van der Waals surface area contributed by atoms with Gasteiger partial charge in [-0.05, 0) is 0 Å². The molecule has 0 atom stereocenters. The molecule has 0 unspecified atom stereocenters.